The van der Waals surface area contributed by atoms with Gasteiger partial charge in [0.05, 0.1) is 18.1 Å². The SMILES string of the molecule is O=C(N1CC2(CC(Oc3cnn(CC(F)(F)F)c3)C2)C1)N1CC2(CC(c3cc(C4CC4)[nH]n3)C2)C1. The van der Waals surface area contributed by atoms with Crippen LogP contribution in [0.25, 0.3) is 0 Å². The zero-order chi connectivity index (χ0) is 24.0. The first-order valence-electron chi connectivity index (χ1n) is 12.5. The van der Waals surface area contributed by atoms with Crippen molar-refractivity contribution in [3.63, 3.8) is 0 Å². The number of alkyl halides is 3. The van der Waals surface area contributed by atoms with Gasteiger partial charge in [0.25, 0.3) is 0 Å². The Bertz CT molecular complexity index is 1130. The summed E-state index contributed by atoms with van der Waals surface area (Å²) in [4.78, 5) is 16.8. The normalized spacial score (nSPS) is 25.2. The van der Waals surface area contributed by atoms with Crippen LogP contribution in [0, 0.1) is 10.8 Å². The Morgan fingerprint density at radius 1 is 1.06 bits per heavy atom. The van der Waals surface area contributed by atoms with Gasteiger partial charge in [0.1, 0.15) is 12.6 Å². The molecular weight excluding hydrogens is 461 g/mol. The highest BCUT2D eigenvalue weighted by Crippen LogP contribution is 2.57. The lowest BCUT2D eigenvalue weighted by Gasteiger charge is -2.63. The molecule has 2 aromatic heterocycles. The molecule has 3 saturated carbocycles. The average Bonchev–Trinajstić information content (AvgIpc) is 3.24. The Kier molecular flexibility index (Phi) is 4.41. The molecule has 0 bridgehead atoms. The molecule has 0 unspecified atom stereocenters. The zero-order valence-electron chi connectivity index (χ0n) is 19.4. The lowest BCUT2D eigenvalue weighted by Crippen LogP contribution is -2.71. The second-order valence-electron chi connectivity index (χ2n) is 11.8. The topological polar surface area (TPSA) is 79.3 Å². The van der Waals surface area contributed by atoms with E-state index in [4.69, 9.17) is 4.74 Å². The molecule has 11 heteroatoms. The van der Waals surface area contributed by atoms with Crippen LogP contribution in [0.1, 0.15) is 61.7 Å². The largest absolute Gasteiger partial charge is 0.487 e. The van der Waals surface area contributed by atoms with Crippen LogP contribution in [0.2, 0.25) is 0 Å². The number of amides is 2. The molecule has 2 aromatic rings. The Morgan fingerprint density at radius 3 is 2.34 bits per heavy atom. The molecule has 2 aliphatic heterocycles. The van der Waals surface area contributed by atoms with Gasteiger partial charge in [0.15, 0.2) is 5.75 Å². The van der Waals surface area contributed by atoms with E-state index in [0.29, 0.717) is 17.6 Å². The molecular formula is C24H29F3N6O2. The van der Waals surface area contributed by atoms with Crippen LogP contribution in [0.15, 0.2) is 18.5 Å². The van der Waals surface area contributed by atoms with E-state index in [2.05, 4.69) is 21.4 Å². The van der Waals surface area contributed by atoms with Crippen molar-refractivity contribution in [3.05, 3.63) is 29.8 Å². The van der Waals surface area contributed by atoms with Gasteiger partial charge in [-0.25, -0.2) is 4.79 Å². The molecule has 2 amide bonds. The van der Waals surface area contributed by atoms with Crippen LogP contribution in [0.4, 0.5) is 18.0 Å². The van der Waals surface area contributed by atoms with Crippen molar-refractivity contribution in [3.8, 4) is 5.75 Å². The Balaban J connectivity index is 0.832. The van der Waals surface area contributed by atoms with E-state index in [0.717, 1.165) is 56.5 Å². The summed E-state index contributed by atoms with van der Waals surface area (Å²) in [5.74, 6) is 1.59. The van der Waals surface area contributed by atoms with Crippen LogP contribution in [0.3, 0.4) is 0 Å². The summed E-state index contributed by atoms with van der Waals surface area (Å²) in [7, 11) is 0. The maximum atomic E-state index is 12.9. The molecule has 2 saturated heterocycles. The second kappa shape index (κ2) is 7.16. The fourth-order valence-electron chi connectivity index (χ4n) is 6.73. The van der Waals surface area contributed by atoms with Gasteiger partial charge >= 0.3 is 12.2 Å². The molecule has 5 aliphatic rings. The van der Waals surface area contributed by atoms with Crippen LogP contribution in [0.5, 0.6) is 5.75 Å². The van der Waals surface area contributed by atoms with Crippen molar-refractivity contribution in [2.45, 2.75) is 69.2 Å². The van der Waals surface area contributed by atoms with E-state index in [1.807, 2.05) is 9.80 Å². The summed E-state index contributed by atoms with van der Waals surface area (Å²) in [5.41, 5.74) is 2.87. The number of hydrogen-bond acceptors (Lipinski definition) is 4. The van der Waals surface area contributed by atoms with Gasteiger partial charge in [-0.1, -0.05) is 0 Å². The minimum Gasteiger partial charge on any atom is -0.487 e. The van der Waals surface area contributed by atoms with E-state index >= 15 is 0 Å². The number of halogens is 3. The molecule has 35 heavy (non-hydrogen) atoms. The Hall–Kier alpha value is -2.72. The number of likely N-dealkylation sites (tertiary alicyclic amines) is 2. The first kappa shape index (κ1) is 21.6. The van der Waals surface area contributed by atoms with E-state index in [9.17, 15) is 18.0 Å². The zero-order valence-corrected chi connectivity index (χ0v) is 19.4. The van der Waals surface area contributed by atoms with Gasteiger partial charge in [0, 0.05) is 54.5 Å². The second-order valence-corrected chi connectivity index (χ2v) is 11.8. The van der Waals surface area contributed by atoms with Crippen molar-refractivity contribution in [2.75, 3.05) is 26.2 Å². The molecule has 0 radical (unpaired) electrons. The number of ether oxygens (including phenoxy) is 1. The highest BCUT2D eigenvalue weighted by molar-refractivity contribution is 5.77. The number of nitrogens with one attached hydrogen (secondary N) is 1. The Morgan fingerprint density at radius 2 is 1.71 bits per heavy atom. The van der Waals surface area contributed by atoms with E-state index < -0.39 is 12.7 Å². The van der Waals surface area contributed by atoms with Crippen LogP contribution in [-0.2, 0) is 6.54 Å². The molecule has 2 spiro atoms. The van der Waals surface area contributed by atoms with Crippen molar-refractivity contribution in [1.29, 1.82) is 0 Å². The lowest BCUT2D eigenvalue weighted by molar-refractivity contribution is -0.142. The van der Waals surface area contributed by atoms with Crippen molar-refractivity contribution >= 4 is 6.03 Å². The molecule has 0 aromatic carbocycles. The number of aromatic amines is 1. The maximum absolute atomic E-state index is 12.9. The minimum absolute atomic E-state index is 0.0301. The highest BCUT2D eigenvalue weighted by Gasteiger charge is 2.59. The van der Waals surface area contributed by atoms with Gasteiger partial charge < -0.3 is 14.5 Å². The number of rotatable bonds is 5. The quantitative estimate of drug-likeness (QED) is 0.690. The predicted octanol–water partition coefficient (Wildman–Crippen LogP) is 3.89. The third-order valence-electron chi connectivity index (χ3n) is 8.63. The van der Waals surface area contributed by atoms with Crippen molar-refractivity contribution in [1.82, 2.24) is 29.8 Å². The molecule has 188 valence electrons. The smallest absolute Gasteiger partial charge is 0.408 e. The summed E-state index contributed by atoms with van der Waals surface area (Å²) in [6, 6.07) is 2.39. The van der Waals surface area contributed by atoms with E-state index in [-0.39, 0.29) is 23.0 Å². The van der Waals surface area contributed by atoms with Crippen molar-refractivity contribution in [2.24, 2.45) is 10.8 Å². The standard InChI is InChI=1S/C24H29F3N6O2/c25-24(26,27)14-33-9-18(8-28-33)35-17-6-23(7-17)12-32(13-23)21(34)31-10-22(11-31)4-16(5-22)20-3-19(29-30-20)15-1-2-15/h3,8-9,15-17H,1-2,4-7,10-14H2,(H,29,30). The minimum atomic E-state index is -4.30. The van der Waals surface area contributed by atoms with Gasteiger partial charge in [-0.2, -0.15) is 23.4 Å². The lowest BCUT2D eigenvalue weighted by atomic mass is 9.57. The summed E-state index contributed by atoms with van der Waals surface area (Å²) >= 11 is 0. The third-order valence-corrected chi connectivity index (χ3v) is 8.63. The number of urea groups is 1. The van der Waals surface area contributed by atoms with Gasteiger partial charge in [0.2, 0.25) is 0 Å². The first-order valence-corrected chi connectivity index (χ1v) is 12.5. The third kappa shape index (κ3) is 3.87. The summed E-state index contributed by atoms with van der Waals surface area (Å²) < 4.78 is 44.1. The van der Waals surface area contributed by atoms with Gasteiger partial charge in [-0.15, -0.1) is 0 Å². The number of carbonyl (C=O) groups excluding carboxylic acids is 1. The van der Waals surface area contributed by atoms with Gasteiger partial charge in [-0.05, 0) is 44.6 Å². The molecule has 0 atom stereocenters. The summed E-state index contributed by atoms with van der Waals surface area (Å²) in [6.07, 6.45) is 4.71. The Labute approximate surface area is 200 Å². The molecule has 8 nitrogen and oxygen atoms in total. The fraction of sp³-hybridized carbons (Fsp3) is 0.708. The van der Waals surface area contributed by atoms with E-state index in [1.54, 1.807) is 0 Å². The van der Waals surface area contributed by atoms with Crippen LogP contribution < -0.4 is 4.74 Å². The predicted molar refractivity (Wildman–Crippen MR) is 118 cm³/mol. The highest BCUT2D eigenvalue weighted by atomic mass is 19.4. The average molecular weight is 491 g/mol. The number of hydrogen-bond donors (Lipinski definition) is 1. The fourth-order valence-corrected chi connectivity index (χ4v) is 6.73. The molecule has 3 aliphatic carbocycles. The number of H-pyrrole nitrogens is 1. The number of carbonyl (C=O) groups is 1. The van der Waals surface area contributed by atoms with Crippen molar-refractivity contribution < 1.29 is 22.7 Å². The van der Waals surface area contributed by atoms with E-state index in [1.165, 1.54) is 36.6 Å². The van der Waals surface area contributed by atoms with Gasteiger partial charge in [-0.3, -0.25) is 9.78 Å². The maximum Gasteiger partial charge on any atom is 0.408 e. The molecule has 4 heterocycles. The first-order chi connectivity index (χ1) is 16.7. The monoisotopic (exact) mass is 490 g/mol. The summed E-state index contributed by atoms with van der Waals surface area (Å²) in [5, 5.41) is 11.5. The molecule has 1 N–H and O–H groups in total. The van der Waals surface area contributed by atoms with Crippen LogP contribution >= 0.6 is 0 Å². The summed E-state index contributed by atoms with van der Waals surface area (Å²) in [6.45, 7) is 2.05. The molecule has 5 fully saturated rings. The number of nitrogens with zero attached hydrogens (tertiary/aromatic N) is 5. The van der Waals surface area contributed by atoms with Crippen LogP contribution in [-0.4, -0.2) is 74.3 Å². The number of aromatic nitrogens is 4. The molecule has 7 rings (SSSR count).